The molecule has 0 atom stereocenters. The Kier molecular flexibility index (Phi) is 5.68. The Labute approximate surface area is 181 Å². The van der Waals surface area contributed by atoms with Crippen molar-refractivity contribution in [1.82, 2.24) is 29.5 Å². The molecule has 152 valence electrons. The smallest absolute Gasteiger partial charge is 0.257 e. The van der Waals surface area contributed by atoms with Crippen molar-refractivity contribution in [1.29, 1.82) is 0 Å². The Bertz CT molecular complexity index is 1230. The number of anilines is 1. The molecular formula is C20H19N7OS2. The van der Waals surface area contributed by atoms with Crippen LogP contribution in [0, 0.1) is 11.7 Å². The van der Waals surface area contributed by atoms with Gasteiger partial charge in [-0.2, -0.15) is 10.2 Å². The molecule has 10 heteroatoms. The van der Waals surface area contributed by atoms with Crippen LogP contribution in [0.15, 0.2) is 55.4 Å². The molecule has 0 bridgehead atoms. The zero-order valence-corrected chi connectivity index (χ0v) is 17.8. The first-order chi connectivity index (χ1) is 14.5. The molecule has 0 aliphatic carbocycles. The number of hydrogen-bond acceptors (Lipinski definition) is 6. The fraction of sp³-hybridized carbons (Fsp3) is 0.150. The van der Waals surface area contributed by atoms with Gasteiger partial charge in [0.15, 0.2) is 15.7 Å². The molecule has 30 heavy (non-hydrogen) atoms. The number of allylic oxidation sites excluding steroid dienone is 1. The first kappa shape index (κ1) is 19.9. The summed E-state index contributed by atoms with van der Waals surface area (Å²) >= 11 is 6.63. The van der Waals surface area contributed by atoms with Gasteiger partial charge >= 0.3 is 0 Å². The van der Waals surface area contributed by atoms with Gasteiger partial charge in [0.2, 0.25) is 0 Å². The predicted octanol–water partition coefficient (Wildman–Crippen LogP) is 4.06. The van der Waals surface area contributed by atoms with Crippen LogP contribution in [-0.2, 0) is 13.1 Å². The SMILES string of the molecule is C=CCn1c(-c2sc(NC(=O)c3ccc(Cn4cccn4)cc3)nc2C)n[nH]c1=S. The van der Waals surface area contributed by atoms with E-state index in [9.17, 15) is 4.79 Å². The lowest BCUT2D eigenvalue weighted by Gasteiger charge is -2.05. The zero-order valence-electron chi connectivity index (χ0n) is 16.2. The normalized spacial score (nSPS) is 10.8. The van der Waals surface area contributed by atoms with Gasteiger partial charge in [0.1, 0.15) is 0 Å². The molecule has 0 saturated heterocycles. The second-order valence-corrected chi connectivity index (χ2v) is 7.93. The lowest BCUT2D eigenvalue weighted by Crippen LogP contribution is -2.11. The number of aromatic amines is 1. The number of nitrogens with zero attached hydrogens (tertiary/aromatic N) is 5. The van der Waals surface area contributed by atoms with Gasteiger partial charge in [0.25, 0.3) is 5.91 Å². The Morgan fingerprint density at radius 1 is 1.37 bits per heavy atom. The maximum atomic E-state index is 12.7. The molecule has 3 heterocycles. The minimum absolute atomic E-state index is 0.217. The highest BCUT2D eigenvalue weighted by Crippen LogP contribution is 2.32. The zero-order chi connectivity index (χ0) is 21.1. The van der Waals surface area contributed by atoms with Gasteiger partial charge in [-0.1, -0.05) is 29.5 Å². The summed E-state index contributed by atoms with van der Waals surface area (Å²) in [5.74, 6) is 0.462. The van der Waals surface area contributed by atoms with E-state index in [-0.39, 0.29) is 5.91 Å². The van der Waals surface area contributed by atoms with E-state index in [1.165, 1.54) is 11.3 Å². The van der Waals surface area contributed by atoms with Crippen LogP contribution in [0.3, 0.4) is 0 Å². The summed E-state index contributed by atoms with van der Waals surface area (Å²) in [4.78, 5) is 18.0. The summed E-state index contributed by atoms with van der Waals surface area (Å²) in [6.07, 6.45) is 5.39. The maximum Gasteiger partial charge on any atom is 0.257 e. The number of hydrogen-bond donors (Lipinski definition) is 2. The lowest BCUT2D eigenvalue weighted by atomic mass is 10.1. The monoisotopic (exact) mass is 437 g/mol. The third-order valence-electron chi connectivity index (χ3n) is 4.41. The minimum Gasteiger partial charge on any atom is -0.298 e. The largest absolute Gasteiger partial charge is 0.298 e. The molecule has 0 radical (unpaired) electrons. The van der Waals surface area contributed by atoms with E-state index in [1.54, 1.807) is 24.4 Å². The first-order valence-electron chi connectivity index (χ1n) is 9.17. The molecule has 2 N–H and O–H groups in total. The highest BCUT2D eigenvalue weighted by atomic mass is 32.1. The number of aromatic nitrogens is 6. The Morgan fingerprint density at radius 3 is 2.87 bits per heavy atom. The quantitative estimate of drug-likeness (QED) is 0.336. The van der Waals surface area contributed by atoms with E-state index >= 15 is 0 Å². The highest BCUT2D eigenvalue weighted by molar-refractivity contribution is 7.71. The third kappa shape index (κ3) is 4.14. The van der Waals surface area contributed by atoms with Crippen LogP contribution < -0.4 is 5.32 Å². The molecular weight excluding hydrogens is 418 g/mol. The number of H-pyrrole nitrogens is 1. The summed E-state index contributed by atoms with van der Waals surface area (Å²) in [6.45, 7) is 6.82. The van der Waals surface area contributed by atoms with Crippen molar-refractivity contribution in [2.24, 2.45) is 0 Å². The van der Waals surface area contributed by atoms with Gasteiger partial charge in [-0.25, -0.2) is 4.98 Å². The Morgan fingerprint density at radius 2 is 2.17 bits per heavy atom. The summed E-state index contributed by atoms with van der Waals surface area (Å²) < 4.78 is 4.18. The number of aryl methyl sites for hydroxylation is 1. The Balaban J connectivity index is 1.50. The number of carbonyl (C=O) groups is 1. The van der Waals surface area contributed by atoms with Crippen LogP contribution in [0.2, 0.25) is 0 Å². The average Bonchev–Trinajstić information content (AvgIpc) is 3.45. The van der Waals surface area contributed by atoms with E-state index in [4.69, 9.17) is 12.2 Å². The molecule has 0 spiro atoms. The van der Waals surface area contributed by atoms with Gasteiger partial charge < -0.3 is 0 Å². The lowest BCUT2D eigenvalue weighted by molar-refractivity contribution is 0.102. The van der Waals surface area contributed by atoms with Crippen molar-refractivity contribution in [2.75, 3.05) is 5.32 Å². The van der Waals surface area contributed by atoms with Crippen molar-refractivity contribution in [3.8, 4) is 10.7 Å². The number of rotatable bonds is 7. The summed E-state index contributed by atoms with van der Waals surface area (Å²) in [7, 11) is 0. The molecule has 0 aliphatic heterocycles. The van der Waals surface area contributed by atoms with Crippen LogP contribution >= 0.6 is 23.6 Å². The van der Waals surface area contributed by atoms with Gasteiger partial charge in [0, 0.05) is 24.5 Å². The van der Waals surface area contributed by atoms with E-state index in [2.05, 4.69) is 32.2 Å². The average molecular weight is 438 g/mol. The van der Waals surface area contributed by atoms with Crippen molar-refractivity contribution in [3.05, 3.63) is 77.0 Å². The highest BCUT2D eigenvalue weighted by Gasteiger charge is 2.17. The summed E-state index contributed by atoms with van der Waals surface area (Å²) in [5, 5.41) is 14.7. The number of carbonyl (C=O) groups excluding carboxylic acids is 1. The molecule has 0 unspecified atom stereocenters. The topological polar surface area (TPSA) is 93.4 Å². The van der Waals surface area contributed by atoms with Crippen LogP contribution in [0.1, 0.15) is 21.6 Å². The van der Waals surface area contributed by atoms with E-state index < -0.39 is 0 Å². The first-order valence-corrected chi connectivity index (χ1v) is 10.4. The molecule has 1 amide bonds. The second kappa shape index (κ2) is 8.56. The van der Waals surface area contributed by atoms with Gasteiger partial charge in [-0.05, 0) is 42.9 Å². The van der Waals surface area contributed by atoms with E-state index in [0.29, 0.717) is 34.4 Å². The number of nitrogens with one attached hydrogen (secondary N) is 2. The second-order valence-electron chi connectivity index (χ2n) is 6.54. The summed E-state index contributed by atoms with van der Waals surface area (Å²) in [6, 6.07) is 9.31. The molecule has 4 rings (SSSR count). The summed E-state index contributed by atoms with van der Waals surface area (Å²) in [5.41, 5.74) is 2.39. The molecule has 0 saturated carbocycles. The molecule has 0 fully saturated rings. The predicted molar refractivity (Wildman–Crippen MR) is 119 cm³/mol. The van der Waals surface area contributed by atoms with Crippen LogP contribution in [0.5, 0.6) is 0 Å². The van der Waals surface area contributed by atoms with Gasteiger partial charge in [-0.15, -0.1) is 6.58 Å². The molecule has 0 aliphatic rings. The van der Waals surface area contributed by atoms with Crippen LogP contribution in [0.4, 0.5) is 5.13 Å². The fourth-order valence-corrected chi connectivity index (χ4v) is 4.13. The van der Waals surface area contributed by atoms with Crippen LogP contribution in [0.25, 0.3) is 10.7 Å². The van der Waals surface area contributed by atoms with Gasteiger partial charge in [0.05, 0.1) is 17.1 Å². The van der Waals surface area contributed by atoms with Crippen LogP contribution in [-0.4, -0.2) is 35.4 Å². The van der Waals surface area contributed by atoms with Crippen molar-refractivity contribution in [2.45, 2.75) is 20.0 Å². The molecule has 3 aromatic heterocycles. The van der Waals surface area contributed by atoms with Crippen molar-refractivity contribution < 1.29 is 4.79 Å². The minimum atomic E-state index is -0.217. The third-order valence-corrected chi connectivity index (χ3v) is 5.79. The van der Waals surface area contributed by atoms with Crippen molar-refractivity contribution in [3.63, 3.8) is 0 Å². The molecule has 8 nitrogen and oxygen atoms in total. The van der Waals surface area contributed by atoms with Gasteiger partial charge in [-0.3, -0.25) is 24.5 Å². The number of thiazole rings is 1. The number of benzene rings is 1. The van der Waals surface area contributed by atoms with E-state index in [1.807, 2.05) is 40.6 Å². The standard InChI is InChI=1S/C20H19N7OS2/c1-3-10-27-17(24-25-20(27)29)16-13(2)22-19(30-16)23-18(28)15-7-5-14(6-8-15)12-26-11-4-9-21-26/h3-9,11H,1,10,12H2,2H3,(H,25,29)(H,22,23,28). The molecule has 1 aromatic carbocycles. The van der Waals surface area contributed by atoms with E-state index in [0.717, 1.165) is 16.1 Å². The fourth-order valence-electron chi connectivity index (χ4n) is 2.96. The Hall–Kier alpha value is -3.37. The van der Waals surface area contributed by atoms with Crippen molar-refractivity contribution >= 4 is 34.6 Å². The molecule has 4 aromatic rings. The maximum absolute atomic E-state index is 12.7. The number of amides is 1.